The highest BCUT2D eigenvalue weighted by molar-refractivity contribution is 5.74. The van der Waals surface area contributed by atoms with Crippen LogP contribution in [0.4, 0.5) is 0 Å². The zero-order chi connectivity index (χ0) is 13.7. The third-order valence-electron chi connectivity index (χ3n) is 3.39. The van der Waals surface area contributed by atoms with Gasteiger partial charge in [-0.25, -0.2) is 4.79 Å². The van der Waals surface area contributed by atoms with E-state index in [-0.39, 0.29) is 5.69 Å². The molecule has 0 bridgehead atoms. The van der Waals surface area contributed by atoms with E-state index in [9.17, 15) is 4.79 Å². The summed E-state index contributed by atoms with van der Waals surface area (Å²) in [4.78, 5) is 16.7. The van der Waals surface area contributed by atoms with Gasteiger partial charge in [-0.3, -0.25) is 0 Å². The van der Waals surface area contributed by atoms with Gasteiger partial charge in [-0.15, -0.1) is 0 Å². The molecular weight excluding hydrogens is 240 g/mol. The second kappa shape index (κ2) is 6.54. The molecule has 1 aromatic carbocycles. The number of nitrogens with one attached hydrogen (secondary N) is 3. The number of H-pyrrole nitrogens is 2. The van der Waals surface area contributed by atoms with Gasteiger partial charge in [0.1, 0.15) is 0 Å². The van der Waals surface area contributed by atoms with E-state index >= 15 is 0 Å². The first-order valence-corrected chi connectivity index (χ1v) is 6.80. The van der Waals surface area contributed by atoms with Crippen molar-refractivity contribution in [1.82, 2.24) is 15.3 Å². The molecule has 1 heterocycles. The van der Waals surface area contributed by atoms with Crippen LogP contribution in [-0.4, -0.2) is 29.6 Å². The maximum atomic E-state index is 11.2. The lowest BCUT2D eigenvalue weighted by molar-refractivity contribution is 0.511. The average Bonchev–Trinajstić information content (AvgIpc) is 2.77. The third-order valence-corrected chi connectivity index (χ3v) is 3.39. The lowest BCUT2D eigenvalue weighted by atomic mass is 10.1. The summed E-state index contributed by atoms with van der Waals surface area (Å²) in [6.45, 7) is 4.86. The fourth-order valence-electron chi connectivity index (χ4n) is 2.06. The van der Waals surface area contributed by atoms with Crippen molar-refractivity contribution in [3.8, 4) is 0 Å². The summed E-state index contributed by atoms with van der Waals surface area (Å²) in [5.74, 6) is 0.578. The van der Waals surface area contributed by atoms with Gasteiger partial charge in [0, 0.05) is 0 Å². The SMILES string of the molecule is CC(CN)CCNCCc1ccc2[nH]c(=O)[nH]c2c1. The van der Waals surface area contributed by atoms with E-state index < -0.39 is 0 Å². The Balaban J connectivity index is 1.80. The second-order valence-corrected chi connectivity index (χ2v) is 5.09. The van der Waals surface area contributed by atoms with Crippen LogP contribution in [0.25, 0.3) is 11.0 Å². The summed E-state index contributed by atoms with van der Waals surface area (Å²) < 4.78 is 0. The highest BCUT2D eigenvalue weighted by atomic mass is 16.1. The van der Waals surface area contributed by atoms with Gasteiger partial charge in [0.25, 0.3) is 0 Å². The summed E-state index contributed by atoms with van der Waals surface area (Å²) in [5, 5.41) is 3.42. The molecule has 5 N–H and O–H groups in total. The van der Waals surface area contributed by atoms with Crippen LogP contribution in [0.3, 0.4) is 0 Å². The monoisotopic (exact) mass is 262 g/mol. The number of imidazole rings is 1. The van der Waals surface area contributed by atoms with Gasteiger partial charge in [0.2, 0.25) is 0 Å². The number of aromatic amines is 2. The third kappa shape index (κ3) is 3.94. The van der Waals surface area contributed by atoms with Crippen LogP contribution in [0.1, 0.15) is 18.9 Å². The zero-order valence-electron chi connectivity index (χ0n) is 11.3. The smallest absolute Gasteiger partial charge is 0.323 e. The van der Waals surface area contributed by atoms with Gasteiger partial charge in [0.15, 0.2) is 0 Å². The Morgan fingerprint density at radius 2 is 2.05 bits per heavy atom. The highest BCUT2D eigenvalue weighted by Crippen LogP contribution is 2.10. The van der Waals surface area contributed by atoms with Gasteiger partial charge in [0.05, 0.1) is 11.0 Å². The maximum Gasteiger partial charge on any atom is 0.323 e. The number of hydrogen-bond donors (Lipinski definition) is 4. The predicted molar refractivity (Wildman–Crippen MR) is 78.3 cm³/mol. The van der Waals surface area contributed by atoms with Crippen molar-refractivity contribution < 1.29 is 0 Å². The second-order valence-electron chi connectivity index (χ2n) is 5.09. The molecule has 0 aliphatic carbocycles. The van der Waals surface area contributed by atoms with E-state index in [0.29, 0.717) is 5.92 Å². The molecule has 19 heavy (non-hydrogen) atoms. The molecule has 0 aliphatic heterocycles. The van der Waals surface area contributed by atoms with E-state index in [1.165, 1.54) is 5.56 Å². The summed E-state index contributed by atoms with van der Waals surface area (Å²) >= 11 is 0. The molecule has 0 saturated heterocycles. The molecule has 104 valence electrons. The van der Waals surface area contributed by atoms with Crippen LogP contribution in [-0.2, 0) is 6.42 Å². The molecule has 0 saturated carbocycles. The molecular formula is C14H22N4O. The van der Waals surface area contributed by atoms with Crippen molar-refractivity contribution in [3.05, 3.63) is 34.2 Å². The average molecular weight is 262 g/mol. The van der Waals surface area contributed by atoms with E-state index in [1.54, 1.807) is 0 Å². The molecule has 5 nitrogen and oxygen atoms in total. The van der Waals surface area contributed by atoms with Gasteiger partial charge in [-0.1, -0.05) is 13.0 Å². The predicted octanol–water partition coefficient (Wildman–Crippen LogP) is 0.973. The molecule has 0 fully saturated rings. The first-order chi connectivity index (χ1) is 9.19. The van der Waals surface area contributed by atoms with Crippen LogP contribution in [0.5, 0.6) is 0 Å². The van der Waals surface area contributed by atoms with Gasteiger partial charge in [-0.2, -0.15) is 0 Å². The number of aromatic nitrogens is 2. The molecule has 5 heteroatoms. The van der Waals surface area contributed by atoms with Crippen molar-refractivity contribution in [2.24, 2.45) is 11.7 Å². The minimum absolute atomic E-state index is 0.152. The molecule has 0 aliphatic rings. The summed E-state index contributed by atoms with van der Waals surface area (Å²) in [5.41, 5.74) is 8.38. The Labute approximate surface area is 112 Å². The lowest BCUT2D eigenvalue weighted by Gasteiger charge is -2.09. The van der Waals surface area contributed by atoms with Crippen LogP contribution in [0.15, 0.2) is 23.0 Å². The quantitative estimate of drug-likeness (QED) is 0.561. The van der Waals surface area contributed by atoms with Crippen molar-refractivity contribution >= 4 is 11.0 Å². The Bertz CT molecular complexity index is 572. The number of nitrogens with two attached hydrogens (primary N) is 1. The molecule has 1 unspecified atom stereocenters. The zero-order valence-corrected chi connectivity index (χ0v) is 11.3. The van der Waals surface area contributed by atoms with Crippen molar-refractivity contribution in [2.45, 2.75) is 19.8 Å². The van der Waals surface area contributed by atoms with Crippen molar-refractivity contribution in [3.63, 3.8) is 0 Å². The lowest BCUT2D eigenvalue weighted by Crippen LogP contribution is -2.22. The number of benzene rings is 1. The Hall–Kier alpha value is -1.59. The summed E-state index contributed by atoms with van der Waals surface area (Å²) in [6, 6.07) is 6.02. The van der Waals surface area contributed by atoms with Crippen LogP contribution in [0, 0.1) is 5.92 Å². The number of fused-ring (bicyclic) bond motifs is 1. The molecule has 2 rings (SSSR count). The Morgan fingerprint density at radius 1 is 1.26 bits per heavy atom. The molecule has 2 aromatic rings. The molecule has 1 atom stereocenters. The van der Waals surface area contributed by atoms with E-state index in [2.05, 4.69) is 28.3 Å². The Kier molecular flexibility index (Phi) is 4.76. The van der Waals surface area contributed by atoms with E-state index in [1.807, 2.05) is 12.1 Å². The topological polar surface area (TPSA) is 86.7 Å². The molecule has 1 aromatic heterocycles. The van der Waals surface area contributed by atoms with Crippen LogP contribution < -0.4 is 16.7 Å². The minimum atomic E-state index is -0.152. The van der Waals surface area contributed by atoms with E-state index in [0.717, 1.165) is 43.5 Å². The molecule has 0 radical (unpaired) electrons. The van der Waals surface area contributed by atoms with Crippen molar-refractivity contribution in [1.29, 1.82) is 0 Å². The number of hydrogen-bond acceptors (Lipinski definition) is 3. The normalized spacial score (nSPS) is 12.9. The van der Waals surface area contributed by atoms with Gasteiger partial charge in [-0.05, 0) is 56.1 Å². The summed E-state index contributed by atoms with van der Waals surface area (Å²) in [7, 11) is 0. The fourth-order valence-corrected chi connectivity index (χ4v) is 2.06. The standard InChI is InChI=1S/C14H22N4O/c1-10(9-15)4-6-16-7-5-11-2-3-12-13(8-11)18-14(19)17-12/h2-3,8,10,16H,4-7,9,15H2,1H3,(H2,17,18,19). The Morgan fingerprint density at radius 3 is 2.84 bits per heavy atom. The maximum absolute atomic E-state index is 11.2. The largest absolute Gasteiger partial charge is 0.330 e. The molecule has 0 amide bonds. The van der Waals surface area contributed by atoms with Crippen LogP contribution in [0.2, 0.25) is 0 Å². The summed E-state index contributed by atoms with van der Waals surface area (Å²) in [6.07, 6.45) is 2.07. The van der Waals surface area contributed by atoms with Crippen LogP contribution >= 0.6 is 0 Å². The number of rotatable bonds is 7. The van der Waals surface area contributed by atoms with Gasteiger partial charge < -0.3 is 21.0 Å². The molecule has 0 spiro atoms. The van der Waals surface area contributed by atoms with Crippen molar-refractivity contribution in [2.75, 3.05) is 19.6 Å². The highest BCUT2D eigenvalue weighted by Gasteiger charge is 2.01. The first-order valence-electron chi connectivity index (χ1n) is 6.80. The van der Waals surface area contributed by atoms with Gasteiger partial charge >= 0.3 is 5.69 Å². The first kappa shape index (κ1) is 13.8. The van der Waals surface area contributed by atoms with E-state index in [4.69, 9.17) is 5.73 Å². The minimum Gasteiger partial charge on any atom is -0.330 e. The fraction of sp³-hybridized carbons (Fsp3) is 0.500.